The van der Waals surface area contributed by atoms with Crippen LogP contribution in [0.15, 0.2) is 60.7 Å². The van der Waals surface area contributed by atoms with Gasteiger partial charge in [-0.3, -0.25) is 9.59 Å². The maximum Gasteiger partial charge on any atom is 0.228 e. The number of carbonyl (C=O) groups excluding carboxylic acids is 2. The summed E-state index contributed by atoms with van der Waals surface area (Å²) < 4.78 is 10.9. The molecule has 2 aromatic carbocycles. The van der Waals surface area contributed by atoms with Crippen LogP contribution in [-0.2, 0) is 9.59 Å². The van der Waals surface area contributed by atoms with E-state index in [0.717, 1.165) is 17.9 Å². The highest BCUT2D eigenvalue weighted by molar-refractivity contribution is 6.01. The first-order chi connectivity index (χ1) is 15.1. The summed E-state index contributed by atoms with van der Waals surface area (Å²) in [5.74, 6) is 0.689. The van der Waals surface area contributed by atoms with Gasteiger partial charge in [-0.05, 0) is 80.6 Å². The molecule has 0 spiro atoms. The summed E-state index contributed by atoms with van der Waals surface area (Å²) in [5, 5.41) is 5.97. The molecular weight excluding hydrogens is 392 g/mol. The molecular formula is C25H28N2O4. The summed E-state index contributed by atoms with van der Waals surface area (Å²) in [5.41, 5.74) is 1.40. The molecule has 2 aromatic rings. The second-order valence-corrected chi connectivity index (χ2v) is 7.89. The number of hydrogen-bond donors (Lipinski definition) is 2. The van der Waals surface area contributed by atoms with E-state index < -0.39 is 0 Å². The largest absolute Gasteiger partial charge is 0.494 e. The molecule has 0 unspecified atom stereocenters. The number of anilines is 2. The van der Waals surface area contributed by atoms with Gasteiger partial charge in [0.2, 0.25) is 11.8 Å². The quantitative estimate of drug-likeness (QED) is 0.617. The Kier molecular flexibility index (Phi) is 6.26. The highest BCUT2D eigenvalue weighted by atomic mass is 16.5. The Bertz CT molecular complexity index is 875. The van der Waals surface area contributed by atoms with Gasteiger partial charge in [0, 0.05) is 11.4 Å². The molecule has 2 aliphatic rings. The Morgan fingerprint density at radius 1 is 0.742 bits per heavy atom. The summed E-state index contributed by atoms with van der Waals surface area (Å²) in [4.78, 5) is 26.3. The van der Waals surface area contributed by atoms with Crippen LogP contribution in [0.2, 0.25) is 0 Å². The van der Waals surface area contributed by atoms with E-state index in [1.165, 1.54) is 0 Å². The number of carbonyl (C=O) groups is 2. The van der Waals surface area contributed by atoms with Crippen LogP contribution in [0.3, 0.4) is 0 Å². The van der Waals surface area contributed by atoms with E-state index in [9.17, 15) is 9.59 Å². The van der Waals surface area contributed by atoms with E-state index in [1.54, 1.807) is 0 Å². The zero-order valence-electron chi connectivity index (χ0n) is 17.8. The van der Waals surface area contributed by atoms with Gasteiger partial charge in [-0.2, -0.15) is 0 Å². The Hall–Kier alpha value is -3.28. The molecule has 1 saturated carbocycles. The Morgan fingerprint density at radius 2 is 1.13 bits per heavy atom. The SMILES string of the molecule is CCOc1ccc(NC(=O)[C@@H]2[C@@H](C(=O)Nc3ccc(OCC)cc3)[C@H]3C=C[C@@H]2C3)cc1. The normalized spacial score (nSPS) is 23.4. The molecule has 31 heavy (non-hydrogen) atoms. The molecule has 4 rings (SSSR count). The van der Waals surface area contributed by atoms with Crippen molar-refractivity contribution in [1.82, 2.24) is 0 Å². The Morgan fingerprint density at radius 3 is 1.48 bits per heavy atom. The molecule has 2 bridgehead atoms. The third-order valence-electron chi connectivity index (χ3n) is 5.93. The van der Waals surface area contributed by atoms with E-state index in [2.05, 4.69) is 22.8 Å². The van der Waals surface area contributed by atoms with E-state index in [0.29, 0.717) is 24.6 Å². The minimum absolute atomic E-state index is 0.0868. The van der Waals surface area contributed by atoms with Crippen molar-refractivity contribution >= 4 is 23.2 Å². The molecule has 6 nitrogen and oxygen atoms in total. The highest BCUT2D eigenvalue weighted by Crippen LogP contribution is 2.48. The van der Waals surface area contributed by atoms with Crippen molar-refractivity contribution in [2.45, 2.75) is 20.3 Å². The number of fused-ring (bicyclic) bond motifs is 2. The molecule has 162 valence electrons. The Labute approximate surface area is 182 Å². The Balaban J connectivity index is 1.44. The third kappa shape index (κ3) is 4.58. The fourth-order valence-electron chi connectivity index (χ4n) is 4.59. The van der Waals surface area contributed by atoms with Crippen molar-refractivity contribution in [3.8, 4) is 11.5 Å². The molecule has 6 heteroatoms. The summed E-state index contributed by atoms with van der Waals surface area (Å²) in [7, 11) is 0. The lowest BCUT2D eigenvalue weighted by atomic mass is 9.81. The average molecular weight is 421 g/mol. The number of benzene rings is 2. The molecule has 2 amide bonds. The molecule has 0 saturated heterocycles. The van der Waals surface area contributed by atoms with E-state index >= 15 is 0 Å². The topological polar surface area (TPSA) is 76.7 Å². The molecule has 2 N–H and O–H groups in total. The lowest BCUT2D eigenvalue weighted by Gasteiger charge is -2.26. The van der Waals surface area contributed by atoms with Gasteiger partial charge in [0.25, 0.3) is 0 Å². The van der Waals surface area contributed by atoms with Gasteiger partial charge in [0.05, 0.1) is 25.0 Å². The average Bonchev–Trinajstić information content (AvgIpc) is 3.39. The smallest absolute Gasteiger partial charge is 0.228 e. The summed E-state index contributed by atoms with van der Waals surface area (Å²) in [6, 6.07) is 14.6. The molecule has 0 aliphatic heterocycles. The van der Waals surface area contributed by atoms with Gasteiger partial charge in [-0.25, -0.2) is 0 Å². The van der Waals surface area contributed by atoms with Gasteiger partial charge in [-0.1, -0.05) is 12.2 Å². The third-order valence-corrected chi connectivity index (χ3v) is 5.93. The zero-order valence-corrected chi connectivity index (χ0v) is 17.8. The number of hydrogen-bond acceptors (Lipinski definition) is 4. The fourth-order valence-corrected chi connectivity index (χ4v) is 4.59. The number of ether oxygens (including phenoxy) is 2. The summed E-state index contributed by atoms with van der Waals surface area (Å²) in [6.07, 6.45) is 4.99. The van der Waals surface area contributed by atoms with Gasteiger partial charge in [0.15, 0.2) is 0 Å². The van der Waals surface area contributed by atoms with Gasteiger partial charge < -0.3 is 20.1 Å². The van der Waals surface area contributed by atoms with Crippen molar-refractivity contribution in [3.63, 3.8) is 0 Å². The van der Waals surface area contributed by atoms with Crippen LogP contribution in [0.5, 0.6) is 11.5 Å². The second kappa shape index (κ2) is 9.25. The minimum Gasteiger partial charge on any atom is -0.494 e. The van der Waals surface area contributed by atoms with E-state index in [-0.39, 0.29) is 35.5 Å². The summed E-state index contributed by atoms with van der Waals surface area (Å²) >= 11 is 0. The van der Waals surface area contributed by atoms with Crippen LogP contribution in [0.1, 0.15) is 20.3 Å². The van der Waals surface area contributed by atoms with Crippen molar-refractivity contribution in [2.75, 3.05) is 23.8 Å². The molecule has 0 radical (unpaired) electrons. The molecule has 4 atom stereocenters. The minimum atomic E-state index is -0.385. The fraction of sp³-hybridized carbons (Fsp3) is 0.360. The van der Waals surface area contributed by atoms with E-state index in [4.69, 9.17) is 9.47 Å². The monoisotopic (exact) mass is 420 g/mol. The second-order valence-electron chi connectivity index (χ2n) is 7.89. The number of nitrogens with one attached hydrogen (secondary N) is 2. The van der Waals surface area contributed by atoms with E-state index in [1.807, 2.05) is 62.4 Å². The molecule has 0 aromatic heterocycles. The molecule has 0 heterocycles. The van der Waals surface area contributed by atoms with Crippen molar-refractivity contribution in [3.05, 3.63) is 60.7 Å². The van der Waals surface area contributed by atoms with Gasteiger partial charge >= 0.3 is 0 Å². The lowest BCUT2D eigenvalue weighted by Crippen LogP contribution is -2.39. The van der Waals surface area contributed by atoms with Crippen LogP contribution in [-0.4, -0.2) is 25.0 Å². The van der Waals surface area contributed by atoms with Crippen molar-refractivity contribution < 1.29 is 19.1 Å². The standard InChI is InChI=1S/C25H28N2O4/c1-3-30-20-11-7-18(8-12-20)26-24(28)22-16-5-6-17(15-16)23(22)25(29)27-19-9-13-21(14-10-19)31-4-2/h5-14,16-17,22-23H,3-4,15H2,1-2H3,(H,26,28)(H,27,29)/t16-,17+,22-,23-/m0/s1. The molecule has 2 aliphatic carbocycles. The van der Waals surface area contributed by atoms with Crippen molar-refractivity contribution in [2.24, 2.45) is 23.7 Å². The number of rotatable bonds is 8. The highest BCUT2D eigenvalue weighted by Gasteiger charge is 2.51. The lowest BCUT2D eigenvalue weighted by molar-refractivity contribution is -0.129. The van der Waals surface area contributed by atoms with Crippen LogP contribution < -0.4 is 20.1 Å². The first kappa shape index (κ1) is 21.0. The number of amides is 2. The first-order valence-electron chi connectivity index (χ1n) is 10.8. The zero-order chi connectivity index (χ0) is 21.8. The maximum absolute atomic E-state index is 13.1. The van der Waals surface area contributed by atoms with Crippen molar-refractivity contribution in [1.29, 1.82) is 0 Å². The maximum atomic E-state index is 13.1. The molecule has 1 fully saturated rings. The predicted molar refractivity (Wildman–Crippen MR) is 120 cm³/mol. The van der Waals surface area contributed by atoms with Crippen LogP contribution >= 0.6 is 0 Å². The first-order valence-corrected chi connectivity index (χ1v) is 10.8. The van der Waals surface area contributed by atoms with Crippen LogP contribution in [0.25, 0.3) is 0 Å². The predicted octanol–water partition coefficient (Wildman–Crippen LogP) is 4.50. The van der Waals surface area contributed by atoms with Crippen LogP contribution in [0, 0.1) is 23.7 Å². The van der Waals surface area contributed by atoms with Gasteiger partial charge in [-0.15, -0.1) is 0 Å². The van der Waals surface area contributed by atoms with Crippen LogP contribution in [0.4, 0.5) is 11.4 Å². The summed E-state index contributed by atoms with van der Waals surface area (Å²) in [6.45, 7) is 5.04. The number of allylic oxidation sites excluding steroid dienone is 2. The van der Waals surface area contributed by atoms with Gasteiger partial charge in [0.1, 0.15) is 11.5 Å².